The number of ketones is 1. The summed E-state index contributed by atoms with van der Waals surface area (Å²) in [5.41, 5.74) is 6.23. The van der Waals surface area contributed by atoms with Crippen molar-refractivity contribution in [2.24, 2.45) is 11.7 Å². The lowest BCUT2D eigenvalue weighted by atomic mass is 9.93. The minimum Gasteiger partial charge on any atom is -0.351 e. The molecule has 1 saturated heterocycles. The van der Waals surface area contributed by atoms with E-state index in [1.807, 2.05) is 0 Å². The minimum absolute atomic E-state index is 0.0136. The number of piperidine rings is 1. The van der Waals surface area contributed by atoms with Gasteiger partial charge in [-0.3, -0.25) is 4.79 Å². The lowest BCUT2D eigenvalue weighted by Crippen LogP contribution is -2.31. The van der Waals surface area contributed by atoms with Crippen LogP contribution in [0.25, 0.3) is 0 Å². The first kappa shape index (κ1) is 19.3. The summed E-state index contributed by atoms with van der Waals surface area (Å²) in [5, 5.41) is 5.97. The number of nitrogens with zero attached hydrogens (tertiary/aromatic N) is 2. The highest BCUT2D eigenvalue weighted by Crippen LogP contribution is 2.30. The van der Waals surface area contributed by atoms with Crippen LogP contribution in [0.4, 0.5) is 10.5 Å². The first-order valence-corrected chi connectivity index (χ1v) is 9.64. The number of halogens is 1. The fraction of sp³-hybridized carbons (Fsp3) is 0.333. The van der Waals surface area contributed by atoms with Crippen LogP contribution in [-0.2, 0) is 0 Å². The Morgan fingerprint density at radius 2 is 2.15 bits per heavy atom. The summed E-state index contributed by atoms with van der Waals surface area (Å²) in [6.45, 7) is 1.82. The Balaban J connectivity index is 1.81. The highest BCUT2D eigenvalue weighted by Gasteiger charge is 2.22. The van der Waals surface area contributed by atoms with Crippen molar-refractivity contribution < 1.29 is 9.59 Å². The monoisotopic (exact) mass is 403 g/mol. The number of carbonyl (C=O) groups excluding carboxylic acids is 2. The second-order valence-corrected chi connectivity index (χ2v) is 7.56. The number of hydrogen-bond donors (Lipinski definition) is 3. The zero-order valence-electron chi connectivity index (χ0n) is 14.4. The second-order valence-electron chi connectivity index (χ2n) is 6.17. The van der Waals surface area contributed by atoms with Gasteiger partial charge in [-0.25, -0.2) is 14.8 Å². The highest BCUT2D eigenvalue weighted by atomic mass is 35.5. The molecule has 0 aliphatic carbocycles. The molecule has 1 aliphatic rings. The van der Waals surface area contributed by atoms with Crippen molar-refractivity contribution in [3.63, 3.8) is 0 Å². The largest absolute Gasteiger partial charge is 0.351 e. The Kier molecular flexibility index (Phi) is 6.40. The number of hydrogen-bond acceptors (Lipinski definition) is 6. The molecule has 3 rings (SSSR count). The van der Waals surface area contributed by atoms with Crippen LogP contribution in [0.1, 0.15) is 39.4 Å². The van der Waals surface area contributed by atoms with Crippen molar-refractivity contribution in [2.75, 3.05) is 18.4 Å². The number of urea groups is 1. The van der Waals surface area contributed by atoms with Crippen LogP contribution >= 0.6 is 22.9 Å². The van der Waals surface area contributed by atoms with Gasteiger partial charge in [0.2, 0.25) is 5.28 Å². The van der Waals surface area contributed by atoms with Gasteiger partial charge >= 0.3 is 6.03 Å². The molecule has 0 unspecified atom stereocenters. The van der Waals surface area contributed by atoms with Crippen LogP contribution in [-0.4, -0.2) is 34.9 Å². The highest BCUT2D eigenvalue weighted by molar-refractivity contribution is 7.15. The van der Waals surface area contributed by atoms with Gasteiger partial charge in [0, 0.05) is 18.8 Å². The van der Waals surface area contributed by atoms with E-state index in [9.17, 15) is 9.59 Å². The quantitative estimate of drug-likeness (QED) is 0.413. The standard InChI is InChI=1S/C18H18ClN5O2S/c19-17-22-9-12(10-23-17)3-4-13-7-14(24-18(20)26)16(27-13)15(25)6-11-2-1-5-21-8-11/h7,9-11,21H,1-2,5-6,8H2,(H3,20,24,26)/t11-/m1/s1. The maximum atomic E-state index is 12.7. The van der Waals surface area contributed by atoms with Crippen LogP contribution in [0.15, 0.2) is 18.5 Å². The summed E-state index contributed by atoms with van der Waals surface area (Å²) in [6.07, 6.45) is 5.54. The fourth-order valence-corrected chi connectivity index (χ4v) is 3.86. The molecule has 1 aliphatic heterocycles. The molecule has 140 valence electrons. The number of thiophene rings is 1. The van der Waals surface area contributed by atoms with Crippen molar-refractivity contribution in [1.82, 2.24) is 15.3 Å². The normalized spacial score (nSPS) is 16.3. The molecule has 2 aromatic rings. The van der Waals surface area contributed by atoms with Gasteiger partial charge in [0.15, 0.2) is 5.78 Å². The molecule has 0 saturated carbocycles. The number of aromatic nitrogens is 2. The van der Waals surface area contributed by atoms with Gasteiger partial charge in [0.05, 0.1) is 21.0 Å². The fourth-order valence-electron chi connectivity index (χ4n) is 2.85. The number of Topliss-reactive ketones (excluding diaryl/α,β-unsaturated/α-hetero) is 1. The number of nitrogens with two attached hydrogens (primary N) is 1. The van der Waals surface area contributed by atoms with Crippen molar-refractivity contribution in [2.45, 2.75) is 19.3 Å². The van der Waals surface area contributed by atoms with Crippen molar-refractivity contribution in [1.29, 1.82) is 0 Å². The maximum Gasteiger partial charge on any atom is 0.316 e. The third-order valence-corrected chi connectivity index (χ3v) is 5.35. The molecule has 27 heavy (non-hydrogen) atoms. The van der Waals surface area contributed by atoms with Gasteiger partial charge in [0.25, 0.3) is 0 Å². The van der Waals surface area contributed by atoms with E-state index in [-0.39, 0.29) is 11.1 Å². The average Bonchev–Trinajstić information content (AvgIpc) is 3.04. The molecule has 2 amide bonds. The van der Waals surface area contributed by atoms with Crippen LogP contribution < -0.4 is 16.4 Å². The van der Waals surface area contributed by atoms with Crippen LogP contribution in [0.3, 0.4) is 0 Å². The van der Waals surface area contributed by atoms with Crippen molar-refractivity contribution >= 4 is 40.4 Å². The van der Waals surface area contributed by atoms with Gasteiger partial charge in [-0.1, -0.05) is 11.8 Å². The summed E-state index contributed by atoms with van der Waals surface area (Å²) >= 11 is 6.89. The van der Waals surface area contributed by atoms with Gasteiger partial charge < -0.3 is 16.4 Å². The summed E-state index contributed by atoms with van der Waals surface area (Å²) < 4.78 is 0. The van der Waals surface area contributed by atoms with E-state index >= 15 is 0 Å². The number of amides is 2. The first-order chi connectivity index (χ1) is 13.0. The molecular formula is C18H18ClN5O2S. The van der Waals surface area contributed by atoms with Gasteiger partial charge in [-0.05, 0) is 49.5 Å². The van der Waals surface area contributed by atoms with Gasteiger partial charge in [-0.2, -0.15) is 0 Å². The summed E-state index contributed by atoms with van der Waals surface area (Å²) in [4.78, 5) is 32.9. The van der Waals surface area contributed by atoms with E-state index in [0.29, 0.717) is 33.3 Å². The van der Waals surface area contributed by atoms with Crippen molar-refractivity contribution in [3.05, 3.63) is 39.1 Å². The molecule has 3 heterocycles. The molecular weight excluding hydrogens is 386 g/mol. The molecule has 0 bridgehead atoms. The Hall–Kier alpha value is -2.47. The third-order valence-electron chi connectivity index (χ3n) is 4.07. The number of anilines is 1. The molecule has 0 spiro atoms. The number of carbonyl (C=O) groups is 2. The zero-order chi connectivity index (χ0) is 19.2. The SMILES string of the molecule is NC(=O)Nc1cc(C#Cc2cnc(Cl)nc2)sc1C(=O)C[C@H]1CCCNC1. The lowest BCUT2D eigenvalue weighted by Gasteiger charge is -2.21. The van der Waals surface area contributed by atoms with Gasteiger partial charge in [0.1, 0.15) is 0 Å². The van der Waals surface area contributed by atoms with Gasteiger partial charge in [-0.15, -0.1) is 11.3 Å². The Bertz CT molecular complexity index is 895. The molecule has 1 fully saturated rings. The number of primary amides is 1. The first-order valence-electron chi connectivity index (χ1n) is 8.45. The smallest absolute Gasteiger partial charge is 0.316 e. The molecule has 1 atom stereocenters. The maximum absolute atomic E-state index is 12.7. The Morgan fingerprint density at radius 3 is 2.81 bits per heavy atom. The molecule has 7 nitrogen and oxygen atoms in total. The molecule has 9 heteroatoms. The van der Waals surface area contributed by atoms with Crippen LogP contribution in [0.5, 0.6) is 0 Å². The molecule has 0 aromatic carbocycles. The predicted octanol–water partition coefficient (Wildman–Crippen LogP) is 2.65. The molecule has 2 aromatic heterocycles. The van der Waals surface area contributed by atoms with E-state index in [1.54, 1.807) is 6.07 Å². The van der Waals surface area contributed by atoms with Crippen LogP contribution in [0.2, 0.25) is 5.28 Å². The summed E-state index contributed by atoms with van der Waals surface area (Å²) in [7, 11) is 0. The molecule has 0 radical (unpaired) electrons. The Morgan fingerprint density at radius 1 is 1.37 bits per heavy atom. The summed E-state index contributed by atoms with van der Waals surface area (Å²) in [6, 6.07) is 0.942. The number of nitrogens with one attached hydrogen (secondary N) is 2. The topological polar surface area (TPSA) is 110 Å². The van der Waals surface area contributed by atoms with E-state index in [1.165, 1.54) is 23.7 Å². The van der Waals surface area contributed by atoms with E-state index in [4.69, 9.17) is 17.3 Å². The lowest BCUT2D eigenvalue weighted by molar-refractivity contribution is 0.0958. The van der Waals surface area contributed by atoms with E-state index < -0.39 is 6.03 Å². The average molecular weight is 404 g/mol. The van der Waals surface area contributed by atoms with E-state index in [2.05, 4.69) is 32.4 Å². The summed E-state index contributed by atoms with van der Waals surface area (Å²) in [5.74, 6) is 6.16. The van der Waals surface area contributed by atoms with Crippen molar-refractivity contribution in [3.8, 4) is 11.8 Å². The predicted molar refractivity (Wildman–Crippen MR) is 105 cm³/mol. The Labute approximate surface area is 165 Å². The zero-order valence-corrected chi connectivity index (χ0v) is 16.0. The number of rotatable bonds is 4. The van der Waals surface area contributed by atoms with E-state index in [0.717, 1.165) is 25.9 Å². The third kappa shape index (κ3) is 5.50. The molecule has 4 N–H and O–H groups in total. The minimum atomic E-state index is -0.716. The second kappa shape index (κ2) is 8.95. The van der Waals surface area contributed by atoms with Crippen LogP contribution in [0, 0.1) is 17.8 Å².